The molecule has 0 aromatic carbocycles. The van der Waals surface area contributed by atoms with Crippen LogP contribution in [-0.2, 0) is 9.59 Å². The zero-order chi connectivity index (χ0) is 13.3. The maximum absolute atomic E-state index is 11.4. The first-order chi connectivity index (χ1) is 7.97. The summed E-state index contributed by atoms with van der Waals surface area (Å²) in [7, 11) is 1.44. The Labute approximate surface area is 100 Å². The number of amides is 4. The quantitative estimate of drug-likeness (QED) is 0.433. The fourth-order valence-electron chi connectivity index (χ4n) is 1.12. The molecule has 98 valence electrons. The van der Waals surface area contributed by atoms with Gasteiger partial charge in [0.2, 0.25) is 11.8 Å². The molecule has 0 rings (SSSR count). The minimum Gasteiger partial charge on any atom is -0.370 e. The molecule has 7 heteroatoms. The Kier molecular flexibility index (Phi) is 7.70. The molecule has 17 heavy (non-hydrogen) atoms. The summed E-state index contributed by atoms with van der Waals surface area (Å²) < 4.78 is 0. The fourth-order valence-corrected chi connectivity index (χ4v) is 1.12. The highest BCUT2D eigenvalue weighted by Crippen LogP contribution is 1.93. The highest BCUT2D eigenvalue weighted by molar-refractivity contribution is 5.96. The molecule has 0 bridgehead atoms. The van der Waals surface area contributed by atoms with E-state index in [-0.39, 0.29) is 11.8 Å². The SMILES string of the molecule is CNC(=O)NC(=O)C(C)NCCCCC(N)=O. The average molecular weight is 244 g/mol. The van der Waals surface area contributed by atoms with Gasteiger partial charge in [-0.1, -0.05) is 0 Å². The second-order valence-corrected chi connectivity index (χ2v) is 3.67. The molecule has 4 amide bonds. The lowest BCUT2D eigenvalue weighted by molar-refractivity contribution is -0.121. The zero-order valence-corrected chi connectivity index (χ0v) is 10.2. The van der Waals surface area contributed by atoms with Gasteiger partial charge in [0.05, 0.1) is 6.04 Å². The molecule has 7 nitrogen and oxygen atoms in total. The lowest BCUT2D eigenvalue weighted by Gasteiger charge is -2.12. The number of rotatable bonds is 7. The Hall–Kier alpha value is -1.63. The topological polar surface area (TPSA) is 113 Å². The van der Waals surface area contributed by atoms with Crippen molar-refractivity contribution in [1.82, 2.24) is 16.0 Å². The van der Waals surface area contributed by atoms with Crippen LogP contribution in [0.4, 0.5) is 4.79 Å². The van der Waals surface area contributed by atoms with Gasteiger partial charge in [-0.15, -0.1) is 0 Å². The van der Waals surface area contributed by atoms with Crippen LogP contribution < -0.4 is 21.7 Å². The second kappa shape index (κ2) is 8.51. The first-order valence-electron chi connectivity index (χ1n) is 5.51. The van der Waals surface area contributed by atoms with E-state index in [1.807, 2.05) is 0 Å². The average Bonchev–Trinajstić information content (AvgIpc) is 2.27. The number of imide groups is 1. The molecule has 0 radical (unpaired) electrons. The van der Waals surface area contributed by atoms with Gasteiger partial charge in [-0.25, -0.2) is 4.79 Å². The normalized spacial score (nSPS) is 11.6. The number of hydrogen-bond donors (Lipinski definition) is 4. The van der Waals surface area contributed by atoms with Gasteiger partial charge >= 0.3 is 6.03 Å². The molecule has 0 fully saturated rings. The van der Waals surface area contributed by atoms with Gasteiger partial charge in [0, 0.05) is 13.5 Å². The van der Waals surface area contributed by atoms with Crippen LogP contribution in [0.25, 0.3) is 0 Å². The lowest BCUT2D eigenvalue weighted by atomic mass is 10.2. The number of unbranched alkanes of at least 4 members (excludes halogenated alkanes) is 1. The van der Waals surface area contributed by atoms with Crippen LogP contribution >= 0.6 is 0 Å². The number of urea groups is 1. The Morgan fingerprint density at radius 3 is 2.41 bits per heavy atom. The van der Waals surface area contributed by atoms with Gasteiger partial charge in [0.1, 0.15) is 0 Å². The summed E-state index contributed by atoms with van der Waals surface area (Å²) in [6, 6.07) is -0.988. The Morgan fingerprint density at radius 1 is 1.24 bits per heavy atom. The van der Waals surface area contributed by atoms with Crippen LogP contribution in [0.3, 0.4) is 0 Å². The predicted octanol–water partition coefficient (Wildman–Crippen LogP) is -0.924. The molecular weight excluding hydrogens is 224 g/mol. The van der Waals surface area contributed by atoms with Crippen LogP contribution in [0.15, 0.2) is 0 Å². The van der Waals surface area contributed by atoms with E-state index in [4.69, 9.17) is 5.73 Å². The third-order valence-corrected chi connectivity index (χ3v) is 2.16. The maximum Gasteiger partial charge on any atom is 0.321 e. The minimum absolute atomic E-state index is 0.324. The number of hydrogen-bond acceptors (Lipinski definition) is 4. The highest BCUT2D eigenvalue weighted by Gasteiger charge is 2.13. The Balaban J connectivity index is 3.64. The molecular formula is C10H20N4O3. The van der Waals surface area contributed by atoms with Crippen molar-refractivity contribution in [2.24, 2.45) is 5.73 Å². The van der Waals surface area contributed by atoms with Gasteiger partial charge in [0.15, 0.2) is 0 Å². The third-order valence-electron chi connectivity index (χ3n) is 2.16. The molecule has 0 aliphatic heterocycles. The lowest BCUT2D eigenvalue weighted by Crippen LogP contribution is -2.47. The van der Waals surface area contributed by atoms with Crippen molar-refractivity contribution in [1.29, 1.82) is 0 Å². The van der Waals surface area contributed by atoms with Crippen LogP contribution in [0.2, 0.25) is 0 Å². The van der Waals surface area contributed by atoms with E-state index in [0.29, 0.717) is 19.4 Å². The minimum atomic E-state index is -0.530. The summed E-state index contributed by atoms with van der Waals surface area (Å²) >= 11 is 0. The van der Waals surface area contributed by atoms with Crippen molar-refractivity contribution < 1.29 is 14.4 Å². The monoisotopic (exact) mass is 244 g/mol. The van der Waals surface area contributed by atoms with E-state index in [9.17, 15) is 14.4 Å². The molecule has 0 aromatic heterocycles. The van der Waals surface area contributed by atoms with E-state index in [0.717, 1.165) is 6.42 Å². The van der Waals surface area contributed by atoms with Gasteiger partial charge in [-0.3, -0.25) is 14.9 Å². The van der Waals surface area contributed by atoms with Crippen molar-refractivity contribution in [3.63, 3.8) is 0 Å². The van der Waals surface area contributed by atoms with Crippen LogP contribution in [-0.4, -0.2) is 37.5 Å². The van der Waals surface area contributed by atoms with Gasteiger partial charge < -0.3 is 16.4 Å². The summed E-state index contributed by atoms with van der Waals surface area (Å²) in [5.74, 6) is -0.713. The predicted molar refractivity (Wildman–Crippen MR) is 63.1 cm³/mol. The van der Waals surface area contributed by atoms with Crippen LogP contribution in [0.1, 0.15) is 26.2 Å². The number of carbonyl (C=O) groups is 3. The molecule has 0 heterocycles. The molecule has 0 saturated carbocycles. The molecule has 0 aliphatic carbocycles. The molecule has 0 spiro atoms. The van der Waals surface area contributed by atoms with E-state index in [1.165, 1.54) is 7.05 Å². The van der Waals surface area contributed by atoms with Crippen molar-refractivity contribution in [3.05, 3.63) is 0 Å². The molecule has 0 saturated heterocycles. The van der Waals surface area contributed by atoms with Crippen molar-refractivity contribution >= 4 is 17.8 Å². The van der Waals surface area contributed by atoms with E-state index < -0.39 is 12.1 Å². The molecule has 0 aromatic rings. The number of nitrogens with one attached hydrogen (secondary N) is 3. The molecule has 1 atom stereocenters. The summed E-state index contributed by atoms with van der Waals surface area (Å²) in [5.41, 5.74) is 4.98. The van der Waals surface area contributed by atoms with Gasteiger partial charge in [-0.05, 0) is 26.3 Å². The standard InChI is InChI=1S/C10H20N4O3/c1-7(9(16)14-10(17)12-2)13-6-4-3-5-8(11)15/h7,13H,3-6H2,1-2H3,(H2,11,15)(H2,12,14,16,17). The fraction of sp³-hybridized carbons (Fsp3) is 0.700. The first kappa shape index (κ1) is 15.4. The molecule has 0 aliphatic rings. The summed E-state index contributed by atoms with van der Waals surface area (Å²) in [6.45, 7) is 2.25. The van der Waals surface area contributed by atoms with Crippen molar-refractivity contribution in [2.75, 3.05) is 13.6 Å². The largest absolute Gasteiger partial charge is 0.370 e. The Morgan fingerprint density at radius 2 is 1.88 bits per heavy atom. The van der Waals surface area contributed by atoms with Crippen LogP contribution in [0.5, 0.6) is 0 Å². The van der Waals surface area contributed by atoms with Crippen molar-refractivity contribution in [3.8, 4) is 0 Å². The third kappa shape index (κ3) is 8.21. The van der Waals surface area contributed by atoms with Gasteiger partial charge in [-0.2, -0.15) is 0 Å². The number of carbonyl (C=O) groups excluding carboxylic acids is 3. The molecule has 5 N–H and O–H groups in total. The maximum atomic E-state index is 11.4. The van der Waals surface area contributed by atoms with E-state index in [2.05, 4.69) is 16.0 Å². The highest BCUT2D eigenvalue weighted by atomic mass is 16.2. The summed E-state index contributed by atoms with van der Waals surface area (Å²) in [6.07, 6.45) is 1.78. The van der Waals surface area contributed by atoms with Crippen molar-refractivity contribution in [2.45, 2.75) is 32.2 Å². The summed E-state index contributed by atoms with van der Waals surface area (Å²) in [4.78, 5) is 32.7. The zero-order valence-electron chi connectivity index (χ0n) is 10.2. The summed E-state index contributed by atoms with van der Waals surface area (Å²) in [5, 5.41) is 7.39. The second-order valence-electron chi connectivity index (χ2n) is 3.67. The van der Waals surface area contributed by atoms with Gasteiger partial charge in [0.25, 0.3) is 0 Å². The van der Waals surface area contributed by atoms with E-state index in [1.54, 1.807) is 6.92 Å². The van der Waals surface area contributed by atoms with Crippen LogP contribution in [0, 0.1) is 0 Å². The Bertz CT molecular complexity index is 281. The number of primary amides is 1. The smallest absolute Gasteiger partial charge is 0.321 e. The first-order valence-corrected chi connectivity index (χ1v) is 5.51. The molecule has 1 unspecified atom stereocenters. The number of nitrogens with two attached hydrogens (primary N) is 1. The van der Waals surface area contributed by atoms with E-state index >= 15 is 0 Å².